The molecule has 0 spiro atoms. The van der Waals surface area contributed by atoms with Gasteiger partial charge in [-0.3, -0.25) is 0 Å². The van der Waals surface area contributed by atoms with E-state index in [1.807, 2.05) is 0 Å². The van der Waals surface area contributed by atoms with Crippen molar-refractivity contribution in [1.82, 2.24) is 15.0 Å². The van der Waals surface area contributed by atoms with Gasteiger partial charge in [0.05, 0.1) is 11.5 Å². The SMILES string of the molecule is OC(CCCl)C(O)c1c[nH]c2nc(Cl)nc(Cl)c12. The third-order valence-corrected chi connectivity index (χ3v) is 3.24. The molecule has 2 aromatic heterocycles. The fraction of sp³-hybridized carbons (Fsp3) is 0.400. The van der Waals surface area contributed by atoms with Crippen molar-refractivity contribution in [3.05, 3.63) is 22.2 Å². The molecule has 3 N–H and O–H groups in total. The van der Waals surface area contributed by atoms with Crippen molar-refractivity contribution < 1.29 is 10.2 Å². The summed E-state index contributed by atoms with van der Waals surface area (Å²) >= 11 is 17.2. The van der Waals surface area contributed by atoms with E-state index in [4.69, 9.17) is 34.8 Å². The number of aliphatic hydroxyl groups is 2. The highest BCUT2D eigenvalue weighted by Gasteiger charge is 2.23. The van der Waals surface area contributed by atoms with Crippen molar-refractivity contribution in [2.75, 3.05) is 5.88 Å². The molecule has 5 nitrogen and oxygen atoms in total. The quantitative estimate of drug-likeness (QED) is 0.460. The van der Waals surface area contributed by atoms with Crippen LogP contribution in [0.1, 0.15) is 18.1 Å². The van der Waals surface area contributed by atoms with E-state index in [1.54, 1.807) is 0 Å². The predicted octanol–water partition coefficient (Wildman–Crippen LogP) is 2.29. The lowest BCUT2D eigenvalue weighted by molar-refractivity contribution is 0.0178. The molecular formula is C10H10Cl3N3O2. The minimum Gasteiger partial charge on any atom is -0.390 e. The summed E-state index contributed by atoms with van der Waals surface area (Å²) in [6.45, 7) is 0. The van der Waals surface area contributed by atoms with Gasteiger partial charge in [0.1, 0.15) is 16.9 Å². The summed E-state index contributed by atoms with van der Waals surface area (Å²) in [5, 5.41) is 20.3. The Bertz CT molecular complexity index is 561. The number of halogens is 3. The van der Waals surface area contributed by atoms with E-state index in [9.17, 15) is 10.2 Å². The van der Waals surface area contributed by atoms with Crippen molar-refractivity contribution in [2.45, 2.75) is 18.6 Å². The number of H-pyrrole nitrogens is 1. The van der Waals surface area contributed by atoms with Crippen LogP contribution in [0.4, 0.5) is 0 Å². The summed E-state index contributed by atoms with van der Waals surface area (Å²) in [6.07, 6.45) is -0.307. The van der Waals surface area contributed by atoms with Crippen LogP contribution in [0.5, 0.6) is 0 Å². The molecule has 0 aromatic carbocycles. The van der Waals surface area contributed by atoms with Gasteiger partial charge in [-0.15, -0.1) is 11.6 Å². The van der Waals surface area contributed by atoms with E-state index in [2.05, 4.69) is 15.0 Å². The molecule has 0 saturated carbocycles. The fourth-order valence-corrected chi connectivity index (χ4v) is 2.41. The van der Waals surface area contributed by atoms with Crippen LogP contribution in [0, 0.1) is 0 Å². The zero-order valence-corrected chi connectivity index (χ0v) is 11.3. The minimum atomic E-state index is -1.11. The summed E-state index contributed by atoms with van der Waals surface area (Å²) < 4.78 is 0. The number of nitrogens with one attached hydrogen (secondary N) is 1. The van der Waals surface area contributed by atoms with Crippen LogP contribution < -0.4 is 0 Å². The van der Waals surface area contributed by atoms with Gasteiger partial charge < -0.3 is 15.2 Å². The zero-order chi connectivity index (χ0) is 13.3. The van der Waals surface area contributed by atoms with Gasteiger partial charge in [0.2, 0.25) is 5.28 Å². The number of aliphatic hydroxyl groups excluding tert-OH is 2. The van der Waals surface area contributed by atoms with Crippen molar-refractivity contribution >= 4 is 45.8 Å². The number of rotatable bonds is 4. The van der Waals surface area contributed by atoms with Gasteiger partial charge in [-0.1, -0.05) is 11.6 Å². The Morgan fingerprint density at radius 1 is 1.28 bits per heavy atom. The average molecular weight is 311 g/mol. The summed E-state index contributed by atoms with van der Waals surface area (Å²) in [4.78, 5) is 10.6. The smallest absolute Gasteiger partial charge is 0.225 e. The van der Waals surface area contributed by atoms with Gasteiger partial charge in [0.15, 0.2) is 0 Å². The number of hydrogen-bond acceptors (Lipinski definition) is 4. The molecule has 0 fully saturated rings. The second-order valence-electron chi connectivity index (χ2n) is 3.74. The maximum Gasteiger partial charge on any atom is 0.225 e. The molecular weight excluding hydrogens is 300 g/mol. The van der Waals surface area contributed by atoms with Crippen LogP contribution in [0.25, 0.3) is 11.0 Å². The van der Waals surface area contributed by atoms with Crippen LogP contribution in [0.15, 0.2) is 6.20 Å². The number of nitrogens with zero attached hydrogens (tertiary/aromatic N) is 2. The van der Waals surface area contributed by atoms with E-state index in [-0.39, 0.29) is 22.7 Å². The molecule has 0 radical (unpaired) electrons. The van der Waals surface area contributed by atoms with Crippen LogP contribution in [0.3, 0.4) is 0 Å². The molecule has 0 amide bonds. The Labute approximate surface area is 118 Å². The van der Waals surface area contributed by atoms with E-state index >= 15 is 0 Å². The van der Waals surface area contributed by atoms with Gasteiger partial charge in [0.25, 0.3) is 0 Å². The largest absolute Gasteiger partial charge is 0.390 e. The first kappa shape index (κ1) is 13.8. The molecule has 2 rings (SSSR count). The Morgan fingerprint density at radius 2 is 2.00 bits per heavy atom. The Kier molecular flexibility index (Phi) is 4.29. The number of alkyl halides is 1. The number of aromatic amines is 1. The molecule has 0 bridgehead atoms. The lowest BCUT2D eigenvalue weighted by atomic mass is 10.0. The second kappa shape index (κ2) is 5.59. The molecule has 0 aliphatic carbocycles. The molecule has 2 atom stereocenters. The first-order valence-electron chi connectivity index (χ1n) is 5.16. The second-order valence-corrected chi connectivity index (χ2v) is 4.81. The zero-order valence-electron chi connectivity index (χ0n) is 9.07. The van der Waals surface area contributed by atoms with Crippen molar-refractivity contribution in [3.8, 4) is 0 Å². The van der Waals surface area contributed by atoms with Crippen LogP contribution >= 0.6 is 34.8 Å². The molecule has 2 heterocycles. The van der Waals surface area contributed by atoms with E-state index in [0.29, 0.717) is 16.6 Å². The van der Waals surface area contributed by atoms with Crippen molar-refractivity contribution in [3.63, 3.8) is 0 Å². The first-order chi connectivity index (χ1) is 8.54. The molecule has 8 heteroatoms. The Balaban J connectivity index is 2.46. The molecule has 18 heavy (non-hydrogen) atoms. The molecule has 98 valence electrons. The summed E-state index contributed by atoms with van der Waals surface area (Å²) in [6, 6.07) is 0. The van der Waals surface area contributed by atoms with Crippen LogP contribution in [-0.4, -0.2) is 37.1 Å². The first-order valence-corrected chi connectivity index (χ1v) is 6.45. The van der Waals surface area contributed by atoms with E-state index in [1.165, 1.54) is 6.20 Å². The average Bonchev–Trinajstić information content (AvgIpc) is 2.72. The van der Waals surface area contributed by atoms with Gasteiger partial charge in [0, 0.05) is 17.6 Å². The maximum atomic E-state index is 10.0. The number of fused-ring (bicyclic) bond motifs is 1. The summed E-state index contributed by atoms with van der Waals surface area (Å²) in [5.41, 5.74) is 0.830. The molecule has 0 saturated heterocycles. The van der Waals surface area contributed by atoms with Gasteiger partial charge in [-0.05, 0) is 18.0 Å². The normalized spacial score (nSPS) is 14.9. The molecule has 0 aliphatic heterocycles. The Morgan fingerprint density at radius 3 is 2.67 bits per heavy atom. The lowest BCUT2D eigenvalue weighted by Gasteiger charge is -2.16. The highest BCUT2D eigenvalue weighted by Crippen LogP contribution is 2.31. The molecule has 2 aromatic rings. The van der Waals surface area contributed by atoms with Gasteiger partial charge >= 0.3 is 0 Å². The predicted molar refractivity (Wildman–Crippen MR) is 70.2 cm³/mol. The van der Waals surface area contributed by atoms with E-state index in [0.717, 1.165) is 0 Å². The molecule has 2 unspecified atom stereocenters. The Hall–Kier alpha value is -0.590. The summed E-state index contributed by atoms with van der Waals surface area (Å²) in [5.74, 6) is 0.247. The highest BCUT2D eigenvalue weighted by molar-refractivity contribution is 6.35. The fourth-order valence-electron chi connectivity index (χ4n) is 1.70. The molecule has 0 aliphatic rings. The van der Waals surface area contributed by atoms with Gasteiger partial charge in [-0.2, -0.15) is 4.98 Å². The van der Waals surface area contributed by atoms with Gasteiger partial charge in [-0.25, -0.2) is 4.98 Å². The van der Waals surface area contributed by atoms with Crippen molar-refractivity contribution in [1.29, 1.82) is 0 Å². The maximum absolute atomic E-state index is 10.0. The third kappa shape index (κ3) is 2.55. The number of aromatic nitrogens is 3. The lowest BCUT2D eigenvalue weighted by Crippen LogP contribution is -2.18. The third-order valence-electron chi connectivity index (χ3n) is 2.58. The van der Waals surface area contributed by atoms with Crippen LogP contribution in [-0.2, 0) is 0 Å². The monoisotopic (exact) mass is 309 g/mol. The number of hydrogen-bond donors (Lipinski definition) is 3. The van der Waals surface area contributed by atoms with Crippen molar-refractivity contribution in [2.24, 2.45) is 0 Å². The summed E-state index contributed by atoms with van der Waals surface area (Å²) in [7, 11) is 0. The van der Waals surface area contributed by atoms with Crippen LogP contribution in [0.2, 0.25) is 10.4 Å². The van der Waals surface area contributed by atoms with E-state index < -0.39 is 12.2 Å². The standard InChI is InChI=1S/C10H10Cl3N3O2/c11-2-1-5(17)7(18)4-3-14-9-6(4)8(12)15-10(13)16-9/h3,5,7,17-18H,1-2H2,(H,14,15,16). The topological polar surface area (TPSA) is 82.0 Å². The minimum absolute atomic E-state index is 0.0108. The highest BCUT2D eigenvalue weighted by atomic mass is 35.5.